The van der Waals surface area contributed by atoms with Gasteiger partial charge in [-0.25, -0.2) is 0 Å². The number of β-amino-alcohol motifs (C(OH)–C–C–N with tert-alkyl or cyclic N) is 1. The lowest BCUT2D eigenvalue weighted by atomic mass is 10.1. The molecule has 5 rings (SSSR count). The zero-order valence-electron chi connectivity index (χ0n) is 22.3. The Balaban J connectivity index is 1.31. The van der Waals surface area contributed by atoms with E-state index in [0.717, 1.165) is 41.0 Å². The number of amides is 2. The molecule has 0 bridgehead atoms. The predicted octanol–water partition coefficient (Wildman–Crippen LogP) is 3.12. The number of ether oxygens (including phenoxy) is 1. The first-order valence-corrected chi connectivity index (χ1v) is 13.1. The van der Waals surface area contributed by atoms with Gasteiger partial charge in [0, 0.05) is 56.4 Å². The summed E-state index contributed by atoms with van der Waals surface area (Å²) in [7, 11) is 3.36. The fraction of sp³-hybridized carbons (Fsp3) is 0.300. The fourth-order valence-electron chi connectivity index (χ4n) is 4.91. The van der Waals surface area contributed by atoms with Crippen LogP contribution in [0.25, 0.3) is 10.9 Å². The van der Waals surface area contributed by atoms with E-state index in [-0.39, 0.29) is 18.4 Å². The summed E-state index contributed by atoms with van der Waals surface area (Å²) < 4.78 is 7.05. The van der Waals surface area contributed by atoms with Crippen LogP contribution in [0.15, 0.2) is 72.8 Å². The number of benzene rings is 3. The fourth-order valence-corrected chi connectivity index (χ4v) is 4.91. The lowest BCUT2D eigenvalue weighted by Crippen LogP contribution is -2.49. The standard InChI is InChI=1S/C30H33N5O4/c1-32(24-11-13-25(39-2)14-12-24)29(37)23-9-7-22(8-10-23)21-35-27-6-4-3-5-26(27)28(31-35)30(38)34-17-15-33(16-18-34)19-20-36/h3-14,36H,15-21H2,1-2H3. The molecular weight excluding hydrogens is 494 g/mol. The molecule has 1 aliphatic rings. The van der Waals surface area contributed by atoms with E-state index in [2.05, 4.69) is 4.90 Å². The highest BCUT2D eigenvalue weighted by atomic mass is 16.5. The molecule has 1 N–H and O–H groups in total. The highest BCUT2D eigenvalue weighted by Gasteiger charge is 2.26. The summed E-state index contributed by atoms with van der Waals surface area (Å²) in [5.74, 6) is 0.555. The highest BCUT2D eigenvalue weighted by molar-refractivity contribution is 6.06. The first-order valence-electron chi connectivity index (χ1n) is 13.1. The summed E-state index contributed by atoms with van der Waals surface area (Å²) in [4.78, 5) is 32.1. The summed E-state index contributed by atoms with van der Waals surface area (Å²) in [6.07, 6.45) is 0. The molecule has 1 aliphatic heterocycles. The maximum Gasteiger partial charge on any atom is 0.275 e. The van der Waals surface area contributed by atoms with Gasteiger partial charge in [-0.2, -0.15) is 5.10 Å². The Bertz CT molecular complexity index is 1440. The number of carbonyl (C=O) groups is 2. The van der Waals surface area contributed by atoms with E-state index in [1.165, 1.54) is 0 Å². The van der Waals surface area contributed by atoms with Crippen molar-refractivity contribution < 1.29 is 19.4 Å². The second-order valence-electron chi connectivity index (χ2n) is 9.64. The monoisotopic (exact) mass is 527 g/mol. The Morgan fingerprint density at radius 3 is 2.31 bits per heavy atom. The largest absolute Gasteiger partial charge is 0.497 e. The molecule has 0 spiro atoms. The molecule has 1 fully saturated rings. The van der Waals surface area contributed by atoms with Gasteiger partial charge < -0.3 is 19.6 Å². The van der Waals surface area contributed by atoms with E-state index in [1.807, 2.05) is 82.4 Å². The molecule has 0 saturated carbocycles. The Morgan fingerprint density at radius 1 is 0.949 bits per heavy atom. The molecule has 3 aromatic carbocycles. The number of aliphatic hydroxyl groups is 1. The van der Waals surface area contributed by atoms with Gasteiger partial charge in [0.25, 0.3) is 11.8 Å². The normalized spacial score (nSPS) is 14.0. The van der Waals surface area contributed by atoms with Crippen molar-refractivity contribution in [2.24, 2.45) is 0 Å². The molecule has 39 heavy (non-hydrogen) atoms. The second kappa shape index (κ2) is 11.7. The Hall–Kier alpha value is -4.21. The van der Waals surface area contributed by atoms with Crippen molar-refractivity contribution in [3.63, 3.8) is 0 Å². The number of fused-ring (bicyclic) bond motifs is 1. The van der Waals surface area contributed by atoms with E-state index in [0.29, 0.717) is 37.4 Å². The first kappa shape index (κ1) is 26.4. The molecular formula is C30H33N5O4. The molecule has 0 radical (unpaired) electrons. The zero-order chi connectivity index (χ0) is 27.4. The van der Waals surface area contributed by atoms with Crippen LogP contribution >= 0.6 is 0 Å². The van der Waals surface area contributed by atoms with Crippen LogP contribution in [-0.2, 0) is 6.54 Å². The molecule has 0 aliphatic carbocycles. The van der Waals surface area contributed by atoms with Gasteiger partial charge >= 0.3 is 0 Å². The summed E-state index contributed by atoms with van der Waals surface area (Å²) in [6, 6.07) is 22.6. The second-order valence-corrected chi connectivity index (χ2v) is 9.64. The number of anilines is 1. The van der Waals surface area contributed by atoms with Crippen molar-refractivity contribution in [2.75, 3.05) is 58.4 Å². The third-order valence-corrected chi connectivity index (χ3v) is 7.23. The molecule has 2 amide bonds. The van der Waals surface area contributed by atoms with Crippen LogP contribution in [0.1, 0.15) is 26.4 Å². The molecule has 0 unspecified atom stereocenters. The van der Waals surface area contributed by atoms with Gasteiger partial charge in [-0.05, 0) is 48.0 Å². The predicted molar refractivity (Wildman–Crippen MR) is 150 cm³/mol. The van der Waals surface area contributed by atoms with E-state index in [4.69, 9.17) is 9.84 Å². The third kappa shape index (κ3) is 5.64. The van der Waals surface area contributed by atoms with Crippen molar-refractivity contribution in [2.45, 2.75) is 6.54 Å². The van der Waals surface area contributed by atoms with E-state index >= 15 is 0 Å². The summed E-state index contributed by atoms with van der Waals surface area (Å²) in [5, 5.41) is 14.8. The average Bonchev–Trinajstić information content (AvgIpc) is 3.35. The third-order valence-electron chi connectivity index (χ3n) is 7.23. The molecule has 1 aromatic heterocycles. The quantitative estimate of drug-likeness (QED) is 0.379. The van der Waals surface area contributed by atoms with Crippen molar-refractivity contribution >= 4 is 28.4 Å². The number of nitrogens with zero attached hydrogens (tertiary/aromatic N) is 5. The summed E-state index contributed by atoms with van der Waals surface area (Å²) >= 11 is 0. The number of aromatic nitrogens is 2. The van der Waals surface area contributed by atoms with Crippen molar-refractivity contribution in [3.05, 3.63) is 89.6 Å². The van der Waals surface area contributed by atoms with Gasteiger partial charge in [0.15, 0.2) is 5.69 Å². The molecule has 0 atom stereocenters. The van der Waals surface area contributed by atoms with E-state index in [9.17, 15) is 14.7 Å². The van der Waals surface area contributed by atoms with Crippen molar-refractivity contribution in [1.82, 2.24) is 19.6 Å². The van der Waals surface area contributed by atoms with Crippen LogP contribution in [0.3, 0.4) is 0 Å². The molecule has 4 aromatic rings. The van der Waals surface area contributed by atoms with Crippen LogP contribution in [0.2, 0.25) is 0 Å². The number of methoxy groups -OCH3 is 1. The minimum atomic E-state index is -0.108. The Labute approximate surface area is 227 Å². The number of hydrogen-bond acceptors (Lipinski definition) is 6. The van der Waals surface area contributed by atoms with Gasteiger partial charge in [-0.1, -0.05) is 30.3 Å². The summed E-state index contributed by atoms with van der Waals surface area (Å²) in [6.45, 7) is 3.92. The van der Waals surface area contributed by atoms with Crippen LogP contribution in [-0.4, -0.2) is 90.0 Å². The molecule has 1 saturated heterocycles. The zero-order valence-corrected chi connectivity index (χ0v) is 22.3. The number of aliphatic hydroxyl groups excluding tert-OH is 1. The van der Waals surface area contributed by atoms with Gasteiger partial charge in [0.2, 0.25) is 0 Å². The average molecular weight is 528 g/mol. The molecule has 2 heterocycles. The number of piperazine rings is 1. The Kier molecular flexibility index (Phi) is 7.90. The maximum absolute atomic E-state index is 13.4. The number of carbonyl (C=O) groups excluding carboxylic acids is 2. The van der Waals surface area contributed by atoms with Crippen molar-refractivity contribution in [3.8, 4) is 5.75 Å². The van der Waals surface area contributed by atoms with Crippen molar-refractivity contribution in [1.29, 1.82) is 0 Å². The first-order chi connectivity index (χ1) is 19.0. The number of hydrogen-bond donors (Lipinski definition) is 1. The maximum atomic E-state index is 13.4. The van der Waals surface area contributed by atoms with Gasteiger partial charge in [-0.15, -0.1) is 0 Å². The minimum absolute atomic E-state index is 0.0730. The SMILES string of the molecule is COc1ccc(N(C)C(=O)c2ccc(Cn3nc(C(=O)N4CCN(CCO)CC4)c4ccccc43)cc2)cc1. The number of rotatable bonds is 8. The highest BCUT2D eigenvalue weighted by Crippen LogP contribution is 2.23. The topological polar surface area (TPSA) is 91.1 Å². The van der Waals surface area contributed by atoms with Gasteiger partial charge in [-0.3, -0.25) is 19.2 Å². The summed E-state index contributed by atoms with van der Waals surface area (Å²) in [5.41, 5.74) is 3.68. The van der Waals surface area contributed by atoms with Crippen LogP contribution in [0.4, 0.5) is 5.69 Å². The molecule has 9 nitrogen and oxygen atoms in total. The van der Waals surface area contributed by atoms with Crippen LogP contribution < -0.4 is 9.64 Å². The van der Waals surface area contributed by atoms with E-state index < -0.39 is 0 Å². The van der Waals surface area contributed by atoms with E-state index in [1.54, 1.807) is 19.1 Å². The van der Waals surface area contributed by atoms with Gasteiger partial charge in [0.1, 0.15) is 5.75 Å². The van der Waals surface area contributed by atoms with Crippen LogP contribution in [0.5, 0.6) is 5.75 Å². The minimum Gasteiger partial charge on any atom is -0.497 e. The van der Waals surface area contributed by atoms with Gasteiger partial charge in [0.05, 0.1) is 25.8 Å². The molecule has 9 heteroatoms. The lowest BCUT2D eigenvalue weighted by molar-refractivity contribution is 0.0610. The number of para-hydroxylation sites is 1. The van der Waals surface area contributed by atoms with Crippen LogP contribution in [0, 0.1) is 0 Å². The molecule has 202 valence electrons. The smallest absolute Gasteiger partial charge is 0.275 e. The Morgan fingerprint density at radius 2 is 1.64 bits per heavy atom. The lowest BCUT2D eigenvalue weighted by Gasteiger charge is -2.34.